The minimum absolute atomic E-state index is 0. The second kappa shape index (κ2) is 14.4. The van der Waals surface area contributed by atoms with E-state index in [0.29, 0.717) is 12.5 Å². The van der Waals surface area contributed by atoms with Gasteiger partial charge in [0.25, 0.3) is 0 Å². The van der Waals surface area contributed by atoms with E-state index in [2.05, 4.69) is 41.3 Å². The lowest BCUT2D eigenvalue weighted by Crippen LogP contribution is -2.46. The highest BCUT2D eigenvalue weighted by molar-refractivity contribution is 14.0. The zero-order valence-electron chi connectivity index (χ0n) is 18.4. The lowest BCUT2D eigenvalue weighted by molar-refractivity contribution is -0.127. The fraction of sp³-hybridized carbons (Fsp3) is 0.895. The molecule has 28 heavy (non-hydrogen) atoms. The molecule has 0 aliphatic carbocycles. The maximum absolute atomic E-state index is 11.9. The van der Waals surface area contributed by atoms with Crippen molar-refractivity contribution in [3.63, 3.8) is 0 Å². The Kier molecular flexibility index (Phi) is 14.0. The van der Waals surface area contributed by atoms with Crippen molar-refractivity contribution in [2.75, 3.05) is 73.7 Å². The second-order valence-electron chi connectivity index (χ2n) is 8.16. The molecule has 0 aromatic carbocycles. The van der Waals surface area contributed by atoms with Gasteiger partial charge in [0.2, 0.25) is 5.91 Å². The van der Waals surface area contributed by atoms with Gasteiger partial charge in [-0.05, 0) is 18.4 Å². The average Bonchev–Trinajstić information content (AvgIpc) is 2.62. The van der Waals surface area contributed by atoms with E-state index in [1.165, 1.54) is 0 Å². The van der Waals surface area contributed by atoms with Gasteiger partial charge in [-0.25, -0.2) is 4.99 Å². The van der Waals surface area contributed by atoms with Crippen molar-refractivity contribution in [1.29, 1.82) is 0 Å². The van der Waals surface area contributed by atoms with E-state index < -0.39 is 0 Å². The molecule has 1 rings (SSSR count). The summed E-state index contributed by atoms with van der Waals surface area (Å²) in [6, 6.07) is 0. The van der Waals surface area contributed by atoms with Gasteiger partial charge < -0.3 is 25.0 Å². The molecule has 8 nitrogen and oxygen atoms in total. The first-order valence-electron chi connectivity index (χ1n) is 9.79. The molecule has 0 aromatic heterocycles. The summed E-state index contributed by atoms with van der Waals surface area (Å²) in [7, 11) is 5.20. The molecule has 0 spiro atoms. The number of guanidine groups is 1. The maximum Gasteiger partial charge on any atom is 0.243 e. The van der Waals surface area contributed by atoms with Crippen LogP contribution in [0.25, 0.3) is 0 Å². The van der Waals surface area contributed by atoms with E-state index >= 15 is 0 Å². The first-order chi connectivity index (χ1) is 12.7. The number of nitrogens with one attached hydrogen (secondary N) is 2. The third-order valence-corrected chi connectivity index (χ3v) is 4.62. The van der Waals surface area contributed by atoms with Crippen LogP contribution < -0.4 is 10.6 Å². The van der Waals surface area contributed by atoms with Gasteiger partial charge in [-0.2, -0.15) is 0 Å². The number of nitrogens with zero attached hydrogens (tertiary/aromatic N) is 3. The van der Waals surface area contributed by atoms with Crippen LogP contribution >= 0.6 is 24.0 Å². The Hall–Kier alpha value is -0.650. The van der Waals surface area contributed by atoms with Crippen LogP contribution in [0.3, 0.4) is 0 Å². The zero-order valence-corrected chi connectivity index (χ0v) is 20.7. The van der Waals surface area contributed by atoms with Gasteiger partial charge in [0.15, 0.2) is 5.96 Å². The molecule has 1 heterocycles. The summed E-state index contributed by atoms with van der Waals surface area (Å²) in [6.45, 7) is 12.6. The molecule has 1 fully saturated rings. The van der Waals surface area contributed by atoms with Gasteiger partial charge in [-0.3, -0.25) is 9.69 Å². The Balaban J connectivity index is 0.00000729. The molecule has 1 aliphatic rings. The van der Waals surface area contributed by atoms with E-state index in [1.807, 2.05) is 0 Å². The number of methoxy groups -OCH3 is 1. The van der Waals surface area contributed by atoms with Gasteiger partial charge in [0.1, 0.15) is 6.54 Å². The van der Waals surface area contributed by atoms with E-state index in [9.17, 15) is 4.79 Å². The van der Waals surface area contributed by atoms with Crippen LogP contribution in [0.5, 0.6) is 0 Å². The van der Waals surface area contributed by atoms with Crippen LogP contribution in [-0.2, 0) is 14.3 Å². The Morgan fingerprint density at radius 3 is 2.43 bits per heavy atom. The topological polar surface area (TPSA) is 78.4 Å². The third-order valence-electron chi connectivity index (χ3n) is 4.62. The van der Waals surface area contributed by atoms with Crippen LogP contribution in [-0.4, -0.2) is 101 Å². The van der Waals surface area contributed by atoms with Crippen molar-refractivity contribution in [2.45, 2.75) is 33.3 Å². The summed E-state index contributed by atoms with van der Waals surface area (Å²) in [5, 5.41) is 6.66. The molecule has 166 valence electrons. The summed E-state index contributed by atoms with van der Waals surface area (Å²) < 4.78 is 11.0. The molecule has 1 unspecified atom stereocenters. The van der Waals surface area contributed by atoms with Gasteiger partial charge in [0.05, 0.1) is 19.3 Å². The lowest BCUT2D eigenvalue weighted by atomic mass is 9.89. The molecule has 9 heteroatoms. The highest BCUT2D eigenvalue weighted by Crippen LogP contribution is 2.20. The average molecular weight is 513 g/mol. The van der Waals surface area contributed by atoms with Crippen LogP contribution in [0.2, 0.25) is 0 Å². The van der Waals surface area contributed by atoms with Crippen LogP contribution in [0.1, 0.15) is 27.2 Å². The van der Waals surface area contributed by atoms with Crippen LogP contribution in [0.15, 0.2) is 4.99 Å². The molecular weight excluding hydrogens is 473 g/mol. The quantitative estimate of drug-likeness (QED) is 0.208. The molecule has 0 aromatic rings. The van der Waals surface area contributed by atoms with E-state index in [0.717, 1.165) is 45.8 Å². The standard InChI is InChI=1S/C19H39N5O3.HI/c1-19(2,3)16(26-6)14-21-18(22-15-17(25)23(4)5)20-8-7-9-24-10-12-27-13-11-24;/h16H,7-15H2,1-6H3,(H2,20,21,22);1H. The molecule has 1 atom stereocenters. The molecule has 2 N–H and O–H groups in total. The molecule has 0 radical (unpaired) electrons. The summed E-state index contributed by atoms with van der Waals surface area (Å²) in [4.78, 5) is 20.2. The Labute approximate surface area is 187 Å². The van der Waals surface area contributed by atoms with Crippen molar-refractivity contribution in [1.82, 2.24) is 20.4 Å². The van der Waals surface area contributed by atoms with Crippen LogP contribution in [0.4, 0.5) is 0 Å². The Bertz CT molecular complexity index is 463. The van der Waals surface area contributed by atoms with Crippen molar-refractivity contribution in [3.05, 3.63) is 0 Å². The SMILES string of the molecule is COC(CNC(=NCC(=O)N(C)C)NCCCN1CCOCC1)C(C)(C)C.I. The summed E-state index contributed by atoms with van der Waals surface area (Å²) in [5.41, 5.74) is 0.0165. The summed E-state index contributed by atoms with van der Waals surface area (Å²) in [5.74, 6) is 0.627. The number of carbonyl (C=O) groups excluding carboxylic acids is 1. The van der Waals surface area contributed by atoms with Gasteiger partial charge >= 0.3 is 0 Å². The predicted octanol–water partition coefficient (Wildman–Crippen LogP) is 1.01. The molecule has 0 bridgehead atoms. The van der Waals surface area contributed by atoms with Crippen molar-refractivity contribution < 1.29 is 14.3 Å². The van der Waals surface area contributed by atoms with Gasteiger partial charge in [-0.1, -0.05) is 20.8 Å². The van der Waals surface area contributed by atoms with E-state index in [4.69, 9.17) is 9.47 Å². The van der Waals surface area contributed by atoms with E-state index in [1.54, 1.807) is 26.1 Å². The first-order valence-corrected chi connectivity index (χ1v) is 9.79. The number of hydrogen-bond donors (Lipinski definition) is 2. The lowest BCUT2D eigenvalue weighted by Gasteiger charge is -2.30. The maximum atomic E-state index is 11.9. The smallest absolute Gasteiger partial charge is 0.243 e. The third kappa shape index (κ3) is 11.4. The Morgan fingerprint density at radius 2 is 1.89 bits per heavy atom. The summed E-state index contributed by atoms with van der Waals surface area (Å²) in [6.07, 6.45) is 1.05. The number of likely N-dealkylation sites (N-methyl/N-ethyl adjacent to an activating group) is 1. The monoisotopic (exact) mass is 513 g/mol. The van der Waals surface area contributed by atoms with Crippen molar-refractivity contribution in [3.8, 4) is 0 Å². The molecule has 1 amide bonds. The number of morpholine rings is 1. The largest absolute Gasteiger partial charge is 0.379 e. The van der Waals surface area contributed by atoms with Crippen LogP contribution in [0, 0.1) is 5.41 Å². The second-order valence-corrected chi connectivity index (χ2v) is 8.16. The Morgan fingerprint density at radius 1 is 1.25 bits per heavy atom. The molecule has 1 aliphatic heterocycles. The number of hydrogen-bond acceptors (Lipinski definition) is 5. The van der Waals surface area contributed by atoms with Crippen molar-refractivity contribution >= 4 is 35.8 Å². The van der Waals surface area contributed by atoms with Crippen molar-refractivity contribution in [2.24, 2.45) is 10.4 Å². The predicted molar refractivity (Wildman–Crippen MR) is 125 cm³/mol. The fourth-order valence-corrected chi connectivity index (χ4v) is 2.73. The van der Waals surface area contributed by atoms with Gasteiger partial charge in [-0.15, -0.1) is 24.0 Å². The number of amides is 1. The number of carbonyl (C=O) groups is 1. The minimum Gasteiger partial charge on any atom is -0.379 e. The zero-order chi connectivity index (χ0) is 20.3. The molecule has 1 saturated heterocycles. The molecular formula is C19H40IN5O3. The number of halogens is 1. The number of ether oxygens (including phenoxy) is 2. The summed E-state index contributed by atoms with van der Waals surface area (Å²) >= 11 is 0. The van der Waals surface area contributed by atoms with Gasteiger partial charge in [0, 0.05) is 47.4 Å². The number of rotatable bonds is 9. The first kappa shape index (κ1) is 27.4. The molecule has 0 saturated carbocycles. The highest BCUT2D eigenvalue weighted by Gasteiger charge is 2.24. The fourth-order valence-electron chi connectivity index (χ4n) is 2.73. The minimum atomic E-state index is -0.0245. The normalized spacial score (nSPS) is 16.9. The number of aliphatic imine (C=N–C) groups is 1. The van der Waals surface area contributed by atoms with E-state index in [-0.39, 0.29) is 47.9 Å². The highest BCUT2D eigenvalue weighted by atomic mass is 127.